The van der Waals surface area contributed by atoms with Crippen LogP contribution in [-0.2, 0) is 14.3 Å². The van der Waals surface area contributed by atoms with E-state index in [9.17, 15) is 23.2 Å². The average Bonchev–Trinajstić information content (AvgIpc) is 2.99. The molecule has 2 heterocycles. The van der Waals surface area contributed by atoms with Crippen LogP contribution in [0.25, 0.3) is 22.5 Å². The molecule has 1 amide bonds. The van der Waals surface area contributed by atoms with Gasteiger partial charge in [0, 0.05) is 40.8 Å². The lowest BCUT2D eigenvalue weighted by Crippen LogP contribution is -2.18. The third-order valence-corrected chi connectivity index (χ3v) is 6.14. The number of aromatic nitrogens is 2. The maximum atomic E-state index is 14.7. The minimum absolute atomic E-state index is 0.122. The maximum Gasteiger partial charge on any atom is 0.340 e. The third-order valence-electron chi connectivity index (χ3n) is 6.14. The number of halogens is 2. The summed E-state index contributed by atoms with van der Waals surface area (Å²) in [6.45, 7) is 7.23. The number of hydrogen-bond acceptors (Lipinski definition) is 8. The summed E-state index contributed by atoms with van der Waals surface area (Å²) >= 11 is 0. The third kappa shape index (κ3) is 7.97. The van der Waals surface area contributed by atoms with Gasteiger partial charge in [-0.2, -0.15) is 0 Å². The van der Waals surface area contributed by atoms with Crippen molar-refractivity contribution in [2.24, 2.45) is 5.92 Å². The number of carbonyl (C=O) groups excluding carboxylic acids is 3. The quantitative estimate of drug-likeness (QED) is 0.202. The van der Waals surface area contributed by atoms with Crippen LogP contribution in [0.15, 0.2) is 60.9 Å². The first-order valence-electron chi connectivity index (χ1n) is 13.1. The van der Waals surface area contributed by atoms with E-state index in [0.29, 0.717) is 17.1 Å². The number of carbonyl (C=O) groups is 3. The van der Waals surface area contributed by atoms with Gasteiger partial charge in [0.1, 0.15) is 11.6 Å². The largest absolute Gasteiger partial charge is 0.465 e. The molecule has 0 saturated carbocycles. The van der Waals surface area contributed by atoms with Crippen molar-refractivity contribution in [2.75, 3.05) is 25.3 Å². The molecule has 9 nitrogen and oxygen atoms in total. The highest BCUT2D eigenvalue weighted by molar-refractivity contribution is 5.97. The molecule has 0 radical (unpaired) electrons. The van der Waals surface area contributed by atoms with E-state index in [-0.39, 0.29) is 39.8 Å². The lowest BCUT2D eigenvalue weighted by Gasteiger charge is -2.13. The molecule has 0 bridgehead atoms. The van der Waals surface area contributed by atoms with Gasteiger partial charge >= 0.3 is 11.9 Å². The van der Waals surface area contributed by atoms with E-state index in [1.807, 2.05) is 19.9 Å². The number of nitrogen functional groups attached to an aromatic ring is 1. The molecular formula is C32H32F2N4O5. The fourth-order valence-corrected chi connectivity index (χ4v) is 3.77. The molecule has 0 saturated heterocycles. The second kappa shape index (κ2) is 14.1. The number of hydrogen-bond donors (Lipinski definition) is 2. The Morgan fingerprint density at radius 1 is 0.767 bits per heavy atom. The molecular weight excluding hydrogens is 558 g/mol. The number of aryl methyl sites for hydroxylation is 2. The van der Waals surface area contributed by atoms with Gasteiger partial charge in [0.05, 0.1) is 36.7 Å². The van der Waals surface area contributed by atoms with Gasteiger partial charge in [-0.3, -0.25) is 14.8 Å². The van der Waals surface area contributed by atoms with Crippen molar-refractivity contribution in [2.45, 2.75) is 27.7 Å². The monoisotopic (exact) mass is 590 g/mol. The Morgan fingerprint density at radius 3 is 1.65 bits per heavy atom. The summed E-state index contributed by atoms with van der Waals surface area (Å²) < 4.78 is 38.1. The number of amides is 1. The van der Waals surface area contributed by atoms with Crippen LogP contribution in [0.1, 0.15) is 45.7 Å². The molecule has 0 aliphatic rings. The van der Waals surface area contributed by atoms with Gasteiger partial charge in [-0.15, -0.1) is 0 Å². The molecule has 0 spiro atoms. The molecule has 0 fully saturated rings. The van der Waals surface area contributed by atoms with Crippen LogP contribution in [0.5, 0.6) is 0 Å². The first-order valence-corrected chi connectivity index (χ1v) is 13.1. The number of pyridine rings is 2. The summed E-state index contributed by atoms with van der Waals surface area (Å²) in [5.74, 6) is -3.49. The molecule has 0 aliphatic carbocycles. The minimum atomic E-state index is -0.818. The van der Waals surface area contributed by atoms with Crippen LogP contribution >= 0.6 is 0 Å². The predicted octanol–water partition coefficient (Wildman–Crippen LogP) is 6.14. The van der Waals surface area contributed by atoms with Crippen molar-refractivity contribution in [3.05, 3.63) is 94.8 Å². The molecule has 3 N–H and O–H groups in total. The zero-order valence-electron chi connectivity index (χ0n) is 24.6. The maximum absolute atomic E-state index is 14.7. The highest BCUT2D eigenvalue weighted by atomic mass is 19.1. The minimum Gasteiger partial charge on any atom is -0.465 e. The van der Waals surface area contributed by atoms with Crippen molar-refractivity contribution in [3.63, 3.8) is 0 Å². The average molecular weight is 591 g/mol. The topological polar surface area (TPSA) is 134 Å². The molecule has 11 heteroatoms. The van der Waals surface area contributed by atoms with E-state index in [2.05, 4.69) is 24.8 Å². The van der Waals surface area contributed by atoms with Crippen LogP contribution in [0.3, 0.4) is 0 Å². The van der Waals surface area contributed by atoms with Gasteiger partial charge in [-0.1, -0.05) is 26.0 Å². The Hall–Kier alpha value is -5.19. The molecule has 4 aromatic rings. The summed E-state index contributed by atoms with van der Waals surface area (Å²) in [7, 11) is 2.36. The van der Waals surface area contributed by atoms with Crippen molar-refractivity contribution >= 4 is 29.2 Å². The molecule has 2 aromatic heterocycles. The lowest BCUT2D eigenvalue weighted by molar-refractivity contribution is -0.118. The predicted molar refractivity (Wildman–Crippen MR) is 159 cm³/mol. The normalized spacial score (nSPS) is 10.4. The first-order chi connectivity index (χ1) is 20.4. The van der Waals surface area contributed by atoms with Gasteiger partial charge in [-0.05, 0) is 61.4 Å². The van der Waals surface area contributed by atoms with E-state index >= 15 is 0 Å². The van der Waals surface area contributed by atoms with Crippen LogP contribution in [-0.4, -0.2) is 42.0 Å². The summed E-state index contributed by atoms with van der Waals surface area (Å²) in [6.07, 6.45) is 3.22. The van der Waals surface area contributed by atoms with Gasteiger partial charge in [-0.25, -0.2) is 18.4 Å². The van der Waals surface area contributed by atoms with Gasteiger partial charge in [0.2, 0.25) is 5.91 Å². The number of esters is 2. The van der Waals surface area contributed by atoms with E-state index in [0.717, 1.165) is 11.1 Å². The summed E-state index contributed by atoms with van der Waals surface area (Å²) in [6, 6.07) is 12.3. The van der Waals surface area contributed by atoms with E-state index in [4.69, 9.17) is 5.73 Å². The van der Waals surface area contributed by atoms with Gasteiger partial charge < -0.3 is 20.5 Å². The Balaban J connectivity index is 0.000000242. The number of ether oxygens (including phenoxy) is 2. The molecule has 43 heavy (non-hydrogen) atoms. The fourth-order valence-electron chi connectivity index (χ4n) is 3.77. The van der Waals surface area contributed by atoms with Gasteiger partial charge in [0.15, 0.2) is 0 Å². The smallest absolute Gasteiger partial charge is 0.340 e. The number of methoxy groups -OCH3 is 2. The molecule has 224 valence electrons. The lowest BCUT2D eigenvalue weighted by atomic mass is 10.0. The number of nitrogens with one attached hydrogen (secondary N) is 1. The second-order valence-corrected chi connectivity index (χ2v) is 9.88. The molecule has 0 atom stereocenters. The molecule has 4 rings (SSSR count). The Bertz CT molecular complexity index is 1640. The highest BCUT2D eigenvalue weighted by Crippen LogP contribution is 2.29. The fraction of sp³-hybridized carbons (Fsp3) is 0.219. The molecule has 0 unspecified atom stereocenters. The van der Waals surface area contributed by atoms with Crippen molar-refractivity contribution < 1.29 is 32.6 Å². The summed E-state index contributed by atoms with van der Waals surface area (Å²) in [4.78, 5) is 43.6. The molecule has 0 aliphatic heterocycles. The summed E-state index contributed by atoms with van der Waals surface area (Å²) in [5, 5.41) is 2.67. The molecule has 2 aromatic carbocycles. The number of rotatable bonds is 6. The van der Waals surface area contributed by atoms with Crippen LogP contribution in [0, 0.1) is 31.4 Å². The van der Waals surface area contributed by atoms with Crippen LogP contribution in [0.2, 0.25) is 0 Å². The van der Waals surface area contributed by atoms with Crippen molar-refractivity contribution in [3.8, 4) is 22.5 Å². The Labute approximate surface area is 248 Å². The second-order valence-electron chi connectivity index (χ2n) is 9.88. The van der Waals surface area contributed by atoms with Crippen molar-refractivity contribution in [1.82, 2.24) is 9.97 Å². The van der Waals surface area contributed by atoms with Gasteiger partial charge in [0.25, 0.3) is 0 Å². The van der Waals surface area contributed by atoms with Crippen LogP contribution < -0.4 is 11.1 Å². The SMILES string of the molecule is COC(=O)c1cc(N)cc(-c2ccc(C)cn2)c1F.COC(=O)c1cc(NC(=O)C(C)C)cc(-c2ccc(C)cn2)c1F. The number of nitrogens with zero attached hydrogens (tertiary/aromatic N) is 2. The number of anilines is 2. The Morgan fingerprint density at radius 2 is 1.23 bits per heavy atom. The summed E-state index contributed by atoms with van der Waals surface area (Å²) in [5.41, 5.74) is 8.80. The van der Waals surface area contributed by atoms with E-state index in [1.54, 1.807) is 44.4 Å². The Kier molecular flexibility index (Phi) is 10.6. The number of benzene rings is 2. The van der Waals surface area contributed by atoms with Crippen LogP contribution in [0.4, 0.5) is 20.2 Å². The number of nitrogens with two attached hydrogens (primary N) is 1. The van der Waals surface area contributed by atoms with E-state index in [1.165, 1.54) is 38.5 Å². The highest BCUT2D eigenvalue weighted by Gasteiger charge is 2.21. The van der Waals surface area contributed by atoms with E-state index < -0.39 is 23.6 Å². The first kappa shape index (κ1) is 32.3. The van der Waals surface area contributed by atoms with Crippen molar-refractivity contribution in [1.29, 1.82) is 0 Å². The standard InChI is InChI=1S/C18H19FN2O3.C14H13FN2O2/c1-10(2)17(22)21-12-7-13(15-6-5-11(3)9-20-15)16(19)14(8-12)18(23)24-4;1-8-3-4-12(17-7-8)10-5-9(16)6-11(13(10)15)14(18)19-2/h5-10H,1-4H3,(H,21,22);3-7H,16H2,1-2H3. The zero-order valence-corrected chi connectivity index (χ0v) is 24.6. The zero-order chi connectivity index (χ0) is 31.8.